The van der Waals surface area contributed by atoms with E-state index in [1.165, 1.54) is 22.2 Å². The standard InChI is InChI=1S/C24H20N2O4S/c1-15-21(16-6-3-2-4-7-16)22-23(31-15)25-14-26(24(22)28)13-18(27)17-8-9-19-20(12-17)30-11-5-10-29-19/h2-4,6-9,12,14H,5,10-11,13H2,1H3. The van der Waals surface area contributed by atoms with E-state index in [2.05, 4.69) is 4.98 Å². The lowest BCUT2D eigenvalue weighted by Crippen LogP contribution is -2.24. The number of ether oxygens (including phenoxy) is 2. The molecule has 156 valence electrons. The molecule has 1 aliphatic heterocycles. The van der Waals surface area contributed by atoms with Gasteiger partial charge in [0.05, 0.1) is 31.5 Å². The summed E-state index contributed by atoms with van der Waals surface area (Å²) in [5.74, 6) is 1.01. The van der Waals surface area contributed by atoms with Crippen LogP contribution < -0.4 is 15.0 Å². The molecule has 4 aromatic rings. The van der Waals surface area contributed by atoms with Crippen LogP contribution in [0.5, 0.6) is 11.5 Å². The number of fused-ring (bicyclic) bond motifs is 2. The van der Waals surface area contributed by atoms with Gasteiger partial charge in [-0.2, -0.15) is 0 Å². The van der Waals surface area contributed by atoms with Crippen LogP contribution in [0.15, 0.2) is 59.7 Å². The molecular formula is C24H20N2O4S. The average Bonchev–Trinajstić information content (AvgIpc) is 2.96. The van der Waals surface area contributed by atoms with Crippen molar-refractivity contribution in [2.24, 2.45) is 0 Å². The minimum Gasteiger partial charge on any atom is -0.490 e. The summed E-state index contributed by atoms with van der Waals surface area (Å²) in [6.45, 7) is 3.03. The van der Waals surface area contributed by atoms with Crippen molar-refractivity contribution in [1.29, 1.82) is 0 Å². The number of benzene rings is 2. The number of aryl methyl sites for hydroxylation is 1. The molecule has 0 aliphatic carbocycles. The van der Waals surface area contributed by atoms with E-state index >= 15 is 0 Å². The second-order valence-electron chi connectivity index (χ2n) is 7.39. The van der Waals surface area contributed by atoms with Crippen LogP contribution in [0.25, 0.3) is 21.3 Å². The third kappa shape index (κ3) is 3.61. The number of Topliss-reactive ketones (excluding diaryl/α,β-unsaturated/α-hetero) is 1. The van der Waals surface area contributed by atoms with Crippen LogP contribution in [0.2, 0.25) is 0 Å². The van der Waals surface area contributed by atoms with Crippen molar-refractivity contribution < 1.29 is 14.3 Å². The fraction of sp³-hybridized carbons (Fsp3) is 0.208. The zero-order valence-electron chi connectivity index (χ0n) is 17.0. The molecule has 7 heteroatoms. The first-order valence-corrected chi connectivity index (χ1v) is 10.9. The molecule has 0 atom stereocenters. The number of carbonyl (C=O) groups excluding carboxylic acids is 1. The molecule has 0 spiro atoms. The Morgan fingerprint density at radius 1 is 1.10 bits per heavy atom. The Morgan fingerprint density at radius 2 is 1.87 bits per heavy atom. The SMILES string of the molecule is Cc1sc2ncn(CC(=O)c3ccc4c(c3)OCCCO4)c(=O)c2c1-c1ccccc1. The van der Waals surface area contributed by atoms with Crippen LogP contribution >= 0.6 is 11.3 Å². The molecule has 3 heterocycles. The second kappa shape index (κ2) is 8.00. The van der Waals surface area contributed by atoms with Gasteiger partial charge in [0.15, 0.2) is 17.3 Å². The number of aromatic nitrogens is 2. The lowest BCUT2D eigenvalue weighted by atomic mass is 10.0. The third-order valence-corrected chi connectivity index (χ3v) is 6.31. The van der Waals surface area contributed by atoms with Crippen molar-refractivity contribution in [3.63, 3.8) is 0 Å². The maximum Gasteiger partial charge on any atom is 0.263 e. The summed E-state index contributed by atoms with van der Waals surface area (Å²) in [4.78, 5) is 32.4. The monoisotopic (exact) mass is 432 g/mol. The Hall–Kier alpha value is -3.45. The zero-order chi connectivity index (χ0) is 21.4. The van der Waals surface area contributed by atoms with Gasteiger partial charge in [-0.15, -0.1) is 11.3 Å². The molecule has 2 aromatic heterocycles. The molecule has 0 saturated carbocycles. The van der Waals surface area contributed by atoms with Gasteiger partial charge in [-0.25, -0.2) is 4.98 Å². The Balaban J connectivity index is 1.51. The summed E-state index contributed by atoms with van der Waals surface area (Å²) < 4.78 is 12.7. The number of carbonyl (C=O) groups is 1. The number of ketones is 1. The summed E-state index contributed by atoms with van der Waals surface area (Å²) in [5, 5.41) is 0.558. The molecule has 0 unspecified atom stereocenters. The topological polar surface area (TPSA) is 70.4 Å². The number of thiophene rings is 1. The highest BCUT2D eigenvalue weighted by Gasteiger charge is 2.19. The quantitative estimate of drug-likeness (QED) is 0.445. The van der Waals surface area contributed by atoms with Gasteiger partial charge in [-0.1, -0.05) is 30.3 Å². The van der Waals surface area contributed by atoms with Crippen molar-refractivity contribution in [3.8, 4) is 22.6 Å². The zero-order valence-corrected chi connectivity index (χ0v) is 17.8. The molecule has 31 heavy (non-hydrogen) atoms. The van der Waals surface area contributed by atoms with Gasteiger partial charge in [-0.05, 0) is 30.7 Å². The summed E-state index contributed by atoms with van der Waals surface area (Å²) in [5.41, 5.74) is 2.12. The third-order valence-electron chi connectivity index (χ3n) is 5.30. The van der Waals surface area contributed by atoms with E-state index in [0.717, 1.165) is 22.4 Å². The number of rotatable bonds is 4. The smallest absolute Gasteiger partial charge is 0.263 e. The van der Waals surface area contributed by atoms with Gasteiger partial charge in [-0.3, -0.25) is 14.2 Å². The summed E-state index contributed by atoms with van der Waals surface area (Å²) in [7, 11) is 0. The van der Waals surface area contributed by atoms with E-state index in [9.17, 15) is 9.59 Å². The van der Waals surface area contributed by atoms with Crippen molar-refractivity contribution >= 4 is 27.3 Å². The second-order valence-corrected chi connectivity index (χ2v) is 8.60. The van der Waals surface area contributed by atoms with Gasteiger partial charge in [0.25, 0.3) is 5.56 Å². The van der Waals surface area contributed by atoms with E-state index < -0.39 is 0 Å². The van der Waals surface area contributed by atoms with Gasteiger partial charge in [0.1, 0.15) is 4.83 Å². The van der Waals surface area contributed by atoms with E-state index in [1.54, 1.807) is 18.2 Å². The molecule has 0 saturated heterocycles. The van der Waals surface area contributed by atoms with Crippen molar-refractivity contribution in [2.75, 3.05) is 13.2 Å². The van der Waals surface area contributed by atoms with Gasteiger partial charge in [0.2, 0.25) is 0 Å². The maximum absolute atomic E-state index is 13.3. The van der Waals surface area contributed by atoms with Crippen LogP contribution in [0.1, 0.15) is 21.7 Å². The highest BCUT2D eigenvalue weighted by Crippen LogP contribution is 2.35. The summed E-state index contributed by atoms with van der Waals surface area (Å²) in [6, 6.07) is 14.9. The molecule has 0 amide bonds. The predicted octanol–water partition coefficient (Wildman–Crippen LogP) is 4.48. The lowest BCUT2D eigenvalue weighted by Gasteiger charge is -2.10. The minimum atomic E-state index is -0.212. The molecule has 2 aromatic carbocycles. The Bertz CT molecular complexity index is 1340. The summed E-state index contributed by atoms with van der Waals surface area (Å²) in [6.07, 6.45) is 2.25. The normalized spacial score (nSPS) is 13.2. The van der Waals surface area contributed by atoms with Crippen LogP contribution in [0, 0.1) is 6.92 Å². The maximum atomic E-state index is 13.3. The highest BCUT2D eigenvalue weighted by molar-refractivity contribution is 7.19. The lowest BCUT2D eigenvalue weighted by molar-refractivity contribution is 0.0970. The van der Waals surface area contributed by atoms with E-state index in [4.69, 9.17) is 9.47 Å². The average molecular weight is 433 g/mol. The predicted molar refractivity (Wildman–Crippen MR) is 120 cm³/mol. The molecular weight excluding hydrogens is 412 g/mol. The Labute approximate surface area is 182 Å². The number of nitrogens with zero attached hydrogens (tertiary/aromatic N) is 2. The van der Waals surface area contributed by atoms with Crippen molar-refractivity contribution in [1.82, 2.24) is 9.55 Å². The Kier molecular flexibility index (Phi) is 5.03. The molecule has 5 rings (SSSR count). The minimum absolute atomic E-state index is 0.0927. The van der Waals surface area contributed by atoms with Gasteiger partial charge < -0.3 is 9.47 Å². The molecule has 1 aliphatic rings. The van der Waals surface area contributed by atoms with Crippen LogP contribution in [0.4, 0.5) is 0 Å². The highest BCUT2D eigenvalue weighted by atomic mass is 32.1. The van der Waals surface area contributed by atoms with Gasteiger partial charge in [0, 0.05) is 22.4 Å². The first-order valence-electron chi connectivity index (χ1n) is 10.1. The van der Waals surface area contributed by atoms with Crippen molar-refractivity contribution in [3.05, 3.63) is 75.7 Å². The number of hydrogen-bond donors (Lipinski definition) is 0. The van der Waals surface area contributed by atoms with E-state index in [0.29, 0.717) is 40.5 Å². The molecule has 0 radical (unpaired) electrons. The summed E-state index contributed by atoms with van der Waals surface area (Å²) >= 11 is 1.49. The fourth-order valence-corrected chi connectivity index (χ4v) is 4.79. The molecule has 0 bridgehead atoms. The molecule has 0 fully saturated rings. The van der Waals surface area contributed by atoms with Crippen molar-refractivity contribution in [2.45, 2.75) is 19.9 Å². The van der Waals surface area contributed by atoms with E-state index in [1.807, 2.05) is 37.3 Å². The molecule has 6 nitrogen and oxygen atoms in total. The Morgan fingerprint density at radius 3 is 2.68 bits per heavy atom. The molecule has 0 N–H and O–H groups in total. The first-order chi connectivity index (χ1) is 15.1. The fourth-order valence-electron chi connectivity index (χ4n) is 3.79. The van der Waals surface area contributed by atoms with Crippen LogP contribution in [-0.2, 0) is 6.54 Å². The van der Waals surface area contributed by atoms with Crippen LogP contribution in [0.3, 0.4) is 0 Å². The number of hydrogen-bond acceptors (Lipinski definition) is 6. The van der Waals surface area contributed by atoms with Crippen LogP contribution in [-0.4, -0.2) is 28.5 Å². The van der Waals surface area contributed by atoms with E-state index in [-0.39, 0.29) is 17.9 Å². The largest absolute Gasteiger partial charge is 0.490 e. The van der Waals surface area contributed by atoms with Gasteiger partial charge >= 0.3 is 0 Å². The first kappa shape index (κ1) is 19.5.